The van der Waals surface area contributed by atoms with Crippen LogP contribution in [0.4, 0.5) is 0 Å². The third-order valence-electron chi connectivity index (χ3n) is 3.79. The van der Waals surface area contributed by atoms with Crippen molar-refractivity contribution in [2.45, 2.75) is 52.3 Å². The minimum absolute atomic E-state index is 0.390. The predicted molar refractivity (Wildman–Crippen MR) is 81.4 cm³/mol. The molecule has 0 fully saturated rings. The maximum atomic E-state index is 10.1. The van der Waals surface area contributed by atoms with Gasteiger partial charge in [-0.15, -0.1) is 0 Å². The molecule has 0 radical (unpaired) electrons. The molecular weight excluding hydrogens is 254 g/mol. The van der Waals surface area contributed by atoms with E-state index in [9.17, 15) is 5.11 Å². The van der Waals surface area contributed by atoms with E-state index in [4.69, 9.17) is 9.47 Å². The fourth-order valence-corrected chi connectivity index (χ4v) is 1.64. The van der Waals surface area contributed by atoms with E-state index in [1.807, 2.05) is 39.0 Å². The first-order valence-electron chi connectivity index (χ1n) is 6.98. The lowest BCUT2D eigenvalue weighted by Crippen LogP contribution is -2.55. The van der Waals surface area contributed by atoms with E-state index in [0.29, 0.717) is 13.2 Å². The second-order valence-electron chi connectivity index (χ2n) is 5.96. The van der Waals surface area contributed by atoms with Crippen LogP contribution in [0.2, 0.25) is 0 Å². The number of hydrogen-bond donors (Lipinski definition) is 2. The molecule has 0 aromatic heterocycles. The van der Waals surface area contributed by atoms with Crippen LogP contribution < -0.4 is 14.8 Å². The monoisotopic (exact) mass is 281 g/mol. The van der Waals surface area contributed by atoms with Crippen LogP contribution >= 0.6 is 0 Å². The van der Waals surface area contributed by atoms with Crippen LogP contribution in [0.25, 0.3) is 0 Å². The Morgan fingerprint density at radius 1 is 1.15 bits per heavy atom. The van der Waals surface area contributed by atoms with Crippen molar-refractivity contribution in [2.24, 2.45) is 0 Å². The van der Waals surface area contributed by atoms with Gasteiger partial charge in [0.05, 0.1) is 19.3 Å². The summed E-state index contributed by atoms with van der Waals surface area (Å²) in [5, 5.41) is 13.5. The van der Waals surface area contributed by atoms with Crippen LogP contribution in [-0.4, -0.2) is 30.0 Å². The summed E-state index contributed by atoms with van der Waals surface area (Å²) in [7, 11) is 1.63. The lowest BCUT2D eigenvalue weighted by atomic mass is 9.86. The molecule has 0 bridgehead atoms. The Balaban J connectivity index is 2.79. The summed E-state index contributed by atoms with van der Waals surface area (Å²) >= 11 is 0. The smallest absolute Gasteiger partial charge is 0.161 e. The van der Waals surface area contributed by atoms with E-state index in [2.05, 4.69) is 5.32 Å². The van der Waals surface area contributed by atoms with Gasteiger partial charge in [-0.2, -0.15) is 0 Å². The van der Waals surface area contributed by atoms with Gasteiger partial charge in [-0.1, -0.05) is 6.07 Å². The quantitative estimate of drug-likeness (QED) is 0.807. The topological polar surface area (TPSA) is 50.7 Å². The predicted octanol–water partition coefficient (Wildman–Crippen LogP) is 2.73. The van der Waals surface area contributed by atoms with Gasteiger partial charge in [-0.05, 0) is 52.3 Å². The molecule has 0 saturated heterocycles. The Kier molecular flexibility index (Phi) is 5.42. The van der Waals surface area contributed by atoms with Gasteiger partial charge in [0.2, 0.25) is 0 Å². The molecule has 0 aliphatic rings. The Bertz CT molecular complexity index is 436. The first-order valence-corrected chi connectivity index (χ1v) is 6.98. The lowest BCUT2D eigenvalue weighted by molar-refractivity contribution is -0.00532. The molecule has 0 heterocycles. The molecule has 4 heteroatoms. The molecule has 2 N–H and O–H groups in total. The Morgan fingerprint density at radius 2 is 1.80 bits per heavy atom. The molecule has 1 aromatic carbocycles. The number of benzene rings is 1. The zero-order chi connectivity index (χ0) is 15.4. The summed E-state index contributed by atoms with van der Waals surface area (Å²) in [5.41, 5.74) is -0.108. The second-order valence-corrected chi connectivity index (χ2v) is 5.96. The van der Waals surface area contributed by atoms with Crippen molar-refractivity contribution in [1.29, 1.82) is 0 Å². The number of methoxy groups -OCH3 is 1. The molecule has 0 aliphatic heterocycles. The molecule has 0 saturated carbocycles. The number of hydrogen-bond acceptors (Lipinski definition) is 4. The van der Waals surface area contributed by atoms with Crippen molar-refractivity contribution >= 4 is 0 Å². The van der Waals surface area contributed by atoms with E-state index < -0.39 is 11.1 Å². The Labute approximate surface area is 122 Å². The molecule has 0 amide bonds. The maximum absolute atomic E-state index is 10.1. The fraction of sp³-hybridized carbons (Fsp3) is 0.625. The third kappa shape index (κ3) is 4.12. The van der Waals surface area contributed by atoms with Gasteiger partial charge >= 0.3 is 0 Å². The molecule has 114 valence electrons. The summed E-state index contributed by atoms with van der Waals surface area (Å²) in [6.07, 6.45) is 0. The van der Waals surface area contributed by atoms with Crippen LogP contribution in [0.5, 0.6) is 11.5 Å². The molecule has 4 nitrogen and oxygen atoms in total. The van der Waals surface area contributed by atoms with Crippen LogP contribution in [0.15, 0.2) is 18.2 Å². The van der Waals surface area contributed by atoms with E-state index in [1.165, 1.54) is 0 Å². The van der Waals surface area contributed by atoms with E-state index in [-0.39, 0.29) is 0 Å². The van der Waals surface area contributed by atoms with Crippen LogP contribution in [0.1, 0.15) is 40.2 Å². The van der Waals surface area contributed by atoms with Crippen molar-refractivity contribution in [3.63, 3.8) is 0 Å². The first-order chi connectivity index (χ1) is 9.21. The highest BCUT2D eigenvalue weighted by molar-refractivity contribution is 5.43. The van der Waals surface area contributed by atoms with Crippen molar-refractivity contribution in [2.75, 3.05) is 13.7 Å². The largest absolute Gasteiger partial charge is 0.493 e. The summed E-state index contributed by atoms with van der Waals surface area (Å²) in [4.78, 5) is 0. The first kappa shape index (κ1) is 16.8. The van der Waals surface area contributed by atoms with Crippen molar-refractivity contribution < 1.29 is 14.6 Å². The van der Waals surface area contributed by atoms with Gasteiger partial charge in [0, 0.05) is 12.1 Å². The molecular formula is C16H27NO3. The molecule has 0 spiro atoms. The average molecular weight is 281 g/mol. The highest BCUT2D eigenvalue weighted by Gasteiger charge is 2.34. The van der Waals surface area contributed by atoms with Crippen LogP contribution in [0.3, 0.4) is 0 Å². The lowest BCUT2D eigenvalue weighted by Gasteiger charge is -2.38. The fourth-order valence-electron chi connectivity index (χ4n) is 1.64. The van der Waals surface area contributed by atoms with Gasteiger partial charge in [0.1, 0.15) is 0 Å². The number of aliphatic hydroxyl groups is 1. The zero-order valence-corrected chi connectivity index (χ0v) is 13.4. The van der Waals surface area contributed by atoms with Crippen LogP contribution in [-0.2, 0) is 6.54 Å². The number of ether oxygens (including phenoxy) is 2. The number of nitrogens with one attached hydrogen (secondary N) is 1. The van der Waals surface area contributed by atoms with Crippen LogP contribution in [0, 0.1) is 0 Å². The standard InChI is InChI=1S/C16H27NO3/c1-7-20-13-9-8-12(10-14(13)19-6)11-17-15(2,3)16(4,5)18/h8-10,17-18H,7,11H2,1-6H3. The highest BCUT2D eigenvalue weighted by Crippen LogP contribution is 2.28. The Morgan fingerprint density at radius 3 is 2.30 bits per heavy atom. The Hall–Kier alpha value is -1.26. The highest BCUT2D eigenvalue weighted by atomic mass is 16.5. The van der Waals surface area contributed by atoms with Crippen molar-refractivity contribution in [1.82, 2.24) is 5.32 Å². The molecule has 1 rings (SSSR count). The van der Waals surface area contributed by atoms with Gasteiger partial charge in [-0.25, -0.2) is 0 Å². The average Bonchev–Trinajstić information content (AvgIpc) is 2.36. The normalized spacial score (nSPS) is 12.3. The summed E-state index contributed by atoms with van der Waals surface area (Å²) < 4.78 is 10.8. The van der Waals surface area contributed by atoms with Gasteiger partial charge in [-0.3, -0.25) is 0 Å². The summed E-state index contributed by atoms with van der Waals surface area (Å²) in [5.74, 6) is 1.48. The van der Waals surface area contributed by atoms with E-state index in [0.717, 1.165) is 17.1 Å². The molecule has 0 unspecified atom stereocenters. The molecule has 0 atom stereocenters. The van der Waals surface area contributed by atoms with Gasteiger partial charge in [0.15, 0.2) is 11.5 Å². The zero-order valence-electron chi connectivity index (χ0n) is 13.4. The van der Waals surface area contributed by atoms with Gasteiger partial charge in [0.25, 0.3) is 0 Å². The minimum Gasteiger partial charge on any atom is -0.493 e. The van der Waals surface area contributed by atoms with Crippen molar-refractivity contribution in [3.8, 4) is 11.5 Å². The minimum atomic E-state index is -0.803. The number of rotatable bonds is 7. The third-order valence-corrected chi connectivity index (χ3v) is 3.79. The maximum Gasteiger partial charge on any atom is 0.161 e. The second kappa shape index (κ2) is 6.46. The SMILES string of the molecule is CCOc1ccc(CNC(C)(C)C(C)(C)O)cc1OC. The molecule has 0 aliphatic carbocycles. The van der Waals surface area contributed by atoms with E-state index in [1.54, 1.807) is 21.0 Å². The summed E-state index contributed by atoms with van der Waals surface area (Å²) in [6.45, 7) is 10.8. The van der Waals surface area contributed by atoms with E-state index >= 15 is 0 Å². The van der Waals surface area contributed by atoms with Gasteiger partial charge < -0.3 is 19.9 Å². The summed E-state index contributed by atoms with van der Waals surface area (Å²) in [6, 6.07) is 5.87. The van der Waals surface area contributed by atoms with Crippen molar-refractivity contribution in [3.05, 3.63) is 23.8 Å². The molecule has 1 aromatic rings. The molecule has 20 heavy (non-hydrogen) atoms.